The van der Waals surface area contributed by atoms with E-state index in [9.17, 15) is 0 Å². The number of rotatable bonds is 9. The second-order valence-corrected chi connectivity index (χ2v) is 32.2. The monoisotopic (exact) mass is 1310 g/mol. The Labute approximate surface area is 578 Å². The summed E-state index contributed by atoms with van der Waals surface area (Å²) in [5, 5.41) is 32.2. The SMILES string of the molecule is O=P(c1ccc(-c2c3ccccc3cc3c4ccccc4c4ccccc4c23)cc1)(c1ccc2ccccc2c1)c1ccc2cc(-c3ccc(P(=O)(c4ccc(-c5c6ccccc6cc6c7ccccc7c7ccccc7c56)cc4)c4cccc5ccccc45)c4ccccc34)ccc2c1. The van der Waals surface area contributed by atoms with Crippen LogP contribution in [-0.4, -0.2) is 0 Å². The average molecular weight is 1310 g/mol. The van der Waals surface area contributed by atoms with Gasteiger partial charge in [-0.05, 0) is 199 Å². The van der Waals surface area contributed by atoms with E-state index in [1.807, 2.05) is 0 Å². The second kappa shape index (κ2) is 22.8. The van der Waals surface area contributed by atoms with Crippen LogP contribution in [0.25, 0.3) is 163 Å². The first-order chi connectivity index (χ1) is 49.3. The highest BCUT2D eigenvalue weighted by atomic mass is 31.2. The average Bonchev–Trinajstić information content (AvgIpc) is 0.721. The van der Waals surface area contributed by atoms with E-state index >= 15 is 9.13 Å². The van der Waals surface area contributed by atoms with Crippen molar-refractivity contribution in [2.24, 2.45) is 0 Å². The molecule has 20 aromatic rings. The van der Waals surface area contributed by atoms with Gasteiger partial charge in [-0.15, -0.1) is 0 Å². The minimum Gasteiger partial charge on any atom is -0.309 e. The van der Waals surface area contributed by atoms with E-state index in [-0.39, 0.29) is 0 Å². The lowest BCUT2D eigenvalue weighted by atomic mass is 9.86. The van der Waals surface area contributed by atoms with Crippen molar-refractivity contribution in [3.05, 3.63) is 364 Å². The van der Waals surface area contributed by atoms with Crippen LogP contribution >= 0.6 is 14.3 Å². The molecule has 0 spiro atoms. The maximum Gasteiger partial charge on any atom is 0.172 e. The maximum absolute atomic E-state index is 17.5. The quantitative estimate of drug-likeness (QED) is 0.0820. The third-order valence-electron chi connectivity index (χ3n) is 21.5. The van der Waals surface area contributed by atoms with E-state index in [4.69, 9.17) is 0 Å². The van der Waals surface area contributed by atoms with Crippen LogP contribution in [0.2, 0.25) is 0 Å². The molecule has 100 heavy (non-hydrogen) atoms. The maximum atomic E-state index is 17.5. The zero-order valence-corrected chi connectivity index (χ0v) is 56.1. The highest BCUT2D eigenvalue weighted by Crippen LogP contribution is 2.52. The van der Waals surface area contributed by atoms with E-state index in [0.29, 0.717) is 0 Å². The Hall–Kier alpha value is -12.0. The van der Waals surface area contributed by atoms with Crippen molar-refractivity contribution < 1.29 is 9.13 Å². The summed E-state index contributed by atoms with van der Waals surface area (Å²) in [6.07, 6.45) is 0. The van der Waals surface area contributed by atoms with Crippen LogP contribution in [0.15, 0.2) is 364 Å². The molecule has 2 unspecified atom stereocenters. The van der Waals surface area contributed by atoms with Gasteiger partial charge in [-0.2, -0.15) is 0 Å². The molecule has 0 bridgehead atoms. The first kappa shape index (κ1) is 58.2. The van der Waals surface area contributed by atoms with Crippen LogP contribution in [0.1, 0.15) is 0 Å². The molecule has 0 fully saturated rings. The van der Waals surface area contributed by atoms with Crippen molar-refractivity contribution in [2.75, 3.05) is 0 Å². The summed E-state index contributed by atoms with van der Waals surface area (Å²) in [7, 11) is -7.20. The molecule has 0 amide bonds. The number of hydrogen-bond donors (Lipinski definition) is 0. The molecule has 0 heterocycles. The molecule has 466 valence electrons. The molecule has 0 radical (unpaired) electrons. The molecule has 0 aliphatic heterocycles. The molecular weight excluding hydrogens is 1250 g/mol. The molecule has 4 heteroatoms. The van der Waals surface area contributed by atoms with Crippen molar-refractivity contribution in [1.82, 2.24) is 0 Å². The van der Waals surface area contributed by atoms with Crippen LogP contribution < -0.4 is 31.8 Å². The minimum atomic E-state index is -3.67. The van der Waals surface area contributed by atoms with Crippen molar-refractivity contribution in [1.29, 1.82) is 0 Å². The molecule has 0 aliphatic carbocycles. The molecule has 0 aromatic heterocycles. The topological polar surface area (TPSA) is 34.1 Å². The predicted octanol–water partition coefficient (Wildman–Crippen LogP) is 23.8. The van der Waals surface area contributed by atoms with Gasteiger partial charge in [0.25, 0.3) is 0 Å². The fourth-order valence-electron chi connectivity index (χ4n) is 16.8. The lowest BCUT2D eigenvalue weighted by Crippen LogP contribution is -2.26. The molecular formula is C96H60O2P2. The molecule has 0 saturated carbocycles. The number of hydrogen-bond acceptors (Lipinski definition) is 2. The Morgan fingerprint density at radius 3 is 1.05 bits per heavy atom. The Kier molecular flexibility index (Phi) is 13.3. The van der Waals surface area contributed by atoms with Crippen molar-refractivity contribution in [2.45, 2.75) is 0 Å². The van der Waals surface area contributed by atoms with Gasteiger partial charge >= 0.3 is 0 Å². The van der Waals surface area contributed by atoms with Gasteiger partial charge in [0.05, 0.1) is 0 Å². The summed E-state index contributed by atoms with van der Waals surface area (Å²) in [4.78, 5) is 0. The standard InChI is InChI=1S/C96H60O2P2/c97-99(73-52-42-61-20-1-2-22-65(61)57-73,71-48-43-63(44-49-71)93-77-27-7-4-23-68(77)59-89-84-34-11-9-30-80(84)82-32-14-17-37-87(82)95(89)93)74-53-47-66-56-70(41-40-67(66)58-74)75-54-55-92(86-36-16-13-29-79(75)86)100(98,91-39-19-25-62-21-3-6-26-76(62)91)72-50-45-64(46-51-72)94-78-28-8-5-24-69(78)60-90-85-35-12-10-31-81(85)83-33-15-18-38-88(83)96(90)94/h1-60H. The number of fused-ring (bicyclic) bond motifs is 18. The van der Waals surface area contributed by atoms with E-state index in [2.05, 4.69) is 364 Å². The molecule has 0 aliphatic rings. The first-order valence-corrected chi connectivity index (χ1v) is 37.7. The molecule has 20 rings (SSSR count). The third kappa shape index (κ3) is 8.84. The normalized spacial score (nSPS) is 13.2. The lowest BCUT2D eigenvalue weighted by molar-refractivity contribution is 0.592. The molecule has 0 saturated heterocycles. The first-order valence-electron chi connectivity index (χ1n) is 34.3. The van der Waals surface area contributed by atoms with Gasteiger partial charge in [-0.1, -0.05) is 328 Å². The van der Waals surface area contributed by atoms with Crippen molar-refractivity contribution >= 4 is 175 Å². The molecule has 20 aromatic carbocycles. The van der Waals surface area contributed by atoms with Crippen LogP contribution in [-0.2, 0) is 9.13 Å². The zero-order valence-electron chi connectivity index (χ0n) is 54.4. The van der Waals surface area contributed by atoms with Gasteiger partial charge in [0, 0.05) is 31.8 Å². The van der Waals surface area contributed by atoms with Crippen molar-refractivity contribution in [3.8, 4) is 33.4 Å². The summed E-state index contributed by atoms with van der Waals surface area (Å²) in [6, 6.07) is 130. The van der Waals surface area contributed by atoms with Gasteiger partial charge in [-0.25, -0.2) is 0 Å². The lowest BCUT2D eigenvalue weighted by Gasteiger charge is -2.25. The third-order valence-corrected chi connectivity index (χ3v) is 27.7. The fourth-order valence-corrected chi connectivity index (χ4v) is 22.6. The van der Waals surface area contributed by atoms with Gasteiger partial charge in [0.2, 0.25) is 0 Å². The van der Waals surface area contributed by atoms with E-state index in [1.165, 1.54) is 97.3 Å². The van der Waals surface area contributed by atoms with E-state index < -0.39 is 14.3 Å². The molecule has 2 nitrogen and oxygen atoms in total. The van der Waals surface area contributed by atoms with E-state index in [0.717, 1.165) is 97.2 Å². The van der Waals surface area contributed by atoms with Crippen LogP contribution in [0, 0.1) is 0 Å². The Balaban J connectivity index is 0.715. The zero-order chi connectivity index (χ0) is 66.2. The smallest absolute Gasteiger partial charge is 0.172 e. The van der Waals surface area contributed by atoms with Crippen LogP contribution in [0.3, 0.4) is 0 Å². The van der Waals surface area contributed by atoms with E-state index in [1.54, 1.807) is 0 Å². The van der Waals surface area contributed by atoms with Gasteiger partial charge < -0.3 is 9.13 Å². The van der Waals surface area contributed by atoms with Gasteiger partial charge in [0.15, 0.2) is 14.3 Å². The highest BCUT2D eigenvalue weighted by molar-refractivity contribution is 7.86. The predicted molar refractivity (Wildman–Crippen MR) is 432 cm³/mol. The fraction of sp³-hybridized carbons (Fsp3) is 0. The Morgan fingerprint density at radius 2 is 0.510 bits per heavy atom. The Bertz CT molecular complexity index is 6960. The summed E-state index contributed by atoms with van der Waals surface area (Å²) in [6.45, 7) is 0. The second-order valence-electron chi connectivity index (χ2n) is 26.7. The minimum absolute atomic E-state index is 0.767. The van der Waals surface area contributed by atoms with Crippen molar-refractivity contribution in [3.63, 3.8) is 0 Å². The largest absolute Gasteiger partial charge is 0.309 e. The van der Waals surface area contributed by atoms with Crippen LogP contribution in [0.4, 0.5) is 0 Å². The number of benzene rings is 20. The highest BCUT2D eigenvalue weighted by Gasteiger charge is 2.35. The molecule has 2 atom stereocenters. The van der Waals surface area contributed by atoms with Gasteiger partial charge in [-0.3, -0.25) is 0 Å². The van der Waals surface area contributed by atoms with Crippen LogP contribution in [0.5, 0.6) is 0 Å². The summed E-state index contributed by atoms with van der Waals surface area (Å²) >= 11 is 0. The molecule has 0 N–H and O–H groups in total. The van der Waals surface area contributed by atoms with Gasteiger partial charge in [0.1, 0.15) is 0 Å². The summed E-state index contributed by atoms with van der Waals surface area (Å²) in [5.41, 5.74) is 6.55. The summed E-state index contributed by atoms with van der Waals surface area (Å²) in [5.74, 6) is 0. The summed E-state index contributed by atoms with van der Waals surface area (Å²) < 4.78 is 34.4. The Morgan fingerprint density at radius 1 is 0.170 bits per heavy atom.